The number of nitrogens with zero attached hydrogens (tertiary/aromatic N) is 1. The highest BCUT2D eigenvalue weighted by Crippen LogP contribution is 2.38. The summed E-state index contributed by atoms with van der Waals surface area (Å²) in [6.07, 6.45) is 9.46. The first-order valence-electron chi connectivity index (χ1n) is 8.39. The van der Waals surface area contributed by atoms with Crippen molar-refractivity contribution in [2.75, 3.05) is 5.32 Å². The predicted octanol–water partition coefficient (Wildman–Crippen LogP) is 3.17. The molecule has 24 heavy (non-hydrogen) atoms. The van der Waals surface area contributed by atoms with Crippen molar-refractivity contribution in [2.24, 2.45) is 0 Å². The molecule has 124 valence electrons. The lowest BCUT2D eigenvalue weighted by Gasteiger charge is -2.13. The Bertz CT molecular complexity index is 781. The third-order valence-electron chi connectivity index (χ3n) is 4.48. The van der Waals surface area contributed by atoms with Crippen molar-refractivity contribution in [3.05, 3.63) is 46.1 Å². The van der Waals surface area contributed by atoms with Gasteiger partial charge in [-0.2, -0.15) is 0 Å². The lowest BCUT2D eigenvalue weighted by molar-refractivity contribution is 0.0951. The molecule has 0 spiro atoms. The van der Waals surface area contributed by atoms with Crippen LogP contribution in [0, 0.1) is 0 Å². The fourth-order valence-corrected chi connectivity index (χ4v) is 4.34. The number of anilines is 1. The molecule has 0 aromatic carbocycles. The SMILES string of the molecule is O=C(Nc1sc2c(c1C(=O)NC1CC1)CCCC2)c1ccncc1. The van der Waals surface area contributed by atoms with Gasteiger partial charge in [0.25, 0.3) is 11.8 Å². The number of carbonyl (C=O) groups is 2. The molecule has 2 amide bonds. The Kier molecular flexibility index (Phi) is 4.06. The van der Waals surface area contributed by atoms with Crippen LogP contribution in [0.1, 0.15) is 56.8 Å². The topological polar surface area (TPSA) is 71.1 Å². The summed E-state index contributed by atoms with van der Waals surface area (Å²) in [7, 11) is 0. The molecule has 2 aromatic rings. The van der Waals surface area contributed by atoms with Crippen molar-refractivity contribution < 1.29 is 9.59 Å². The third kappa shape index (κ3) is 3.06. The first-order chi connectivity index (χ1) is 11.7. The predicted molar refractivity (Wildman–Crippen MR) is 93.6 cm³/mol. The van der Waals surface area contributed by atoms with Crippen LogP contribution in [0.15, 0.2) is 24.5 Å². The summed E-state index contributed by atoms with van der Waals surface area (Å²) in [5, 5.41) is 6.70. The summed E-state index contributed by atoms with van der Waals surface area (Å²) >= 11 is 1.55. The molecule has 6 heteroatoms. The van der Waals surface area contributed by atoms with E-state index in [1.165, 1.54) is 4.88 Å². The lowest BCUT2D eigenvalue weighted by Crippen LogP contribution is -2.27. The number of pyridine rings is 1. The number of hydrogen-bond acceptors (Lipinski definition) is 4. The van der Waals surface area contributed by atoms with Gasteiger partial charge in [-0.1, -0.05) is 0 Å². The minimum Gasteiger partial charge on any atom is -0.349 e. The highest BCUT2D eigenvalue weighted by atomic mass is 32.1. The Hall–Kier alpha value is -2.21. The minimum absolute atomic E-state index is 0.0399. The van der Waals surface area contributed by atoms with E-state index in [9.17, 15) is 9.59 Å². The van der Waals surface area contributed by atoms with E-state index < -0.39 is 0 Å². The Labute approximate surface area is 144 Å². The quantitative estimate of drug-likeness (QED) is 0.897. The largest absolute Gasteiger partial charge is 0.349 e. The Balaban J connectivity index is 1.64. The average molecular weight is 341 g/mol. The monoisotopic (exact) mass is 341 g/mol. The van der Waals surface area contributed by atoms with Crippen LogP contribution < -0.4 is 10.6 Å². The van der Waals surface area contributed by atoms with Crippen molar-refractivity contribution in [1.82, 2.24) is 10.3 Å². The van der Waals surface area contributed by atoms with Gasteiger partial charge in [-0.15, -0.1) is 11.3 Å². The van der Waals surface area contributed by atoms with Crippen LogP contribution in [0.5, 0.6) is 0 Å². The van der Waals surface area contributed by atoms with Gasteiger partial charge in [-0.05, 0) is 56.2 Å². The molecule has 4 rings (SSSR count). The first-order valence-corrected chi connectivity index (χ1v) is 9.21. The average Bonchev–Trinajstić information content (AvgIpc) is 3.34. The van der Waals surface area contributed by atoms with Crippen LogP contribution >= 0.6 is 11.3 Å². The number of aryl methyl sites for hydroxylation is 1. The van der Waals surface area contributed by atoms with Crippen molar-refractivity contribution in [2.45, 2.75) is 44.6 Å². The molecule has 0 bridgehead atoms. The number of hydrogen-bond donors (Lipinski definition) is 2. The van der Waals surface area contributed by atoms with Crippen LogP contribution in [0.4, 0.5) is 5.00 Å². The lowest BCUT2D eigenvalue weighted by atomic mass is 9.95. The highest BCUT2D eigenvalue weighted by Gasteiger charge is 2.30. The first kappa shape index (κ1) is 15.3. The molecule has 2 N–H and O–H groups in total. The second-order valence-corrected chi connectivity index (χ2v) is 7.46. The van der Waals surface area contributed by atoms with Gasteiger partial charge in [0.15, 0.2) is 0 Å². The van der Waals surface area contributed by atoms with Gasteiger partial charge in [0.2, 0.25) is 0 Å². The van der Waals surface area contributed by atoms with Gasteiger partial charge in [0.05, 0.1) is 5.56 Å². The van der Waals surface area contributed by atoms with Gasteiger partial charge < -0.3 is 10.6 Å². The van der Waals surface area contributed by atoms with Crippen molar-refractivity contribution in [1.29, 1.82) is 0 Å². The van der Waals surface area contributed by atoms with Crippen LogP contribution in [0.3, 0.4) is 0 Å². The number of nitrogens with one attached hydrogen (secondary N) is 2. The smallest absolute Gasteiger partial charge is 0.256 e. The van der Waals surface area contributed by atoms with Crippen LogP contribution in [0.25, 0.3) is 0 Å². The standard InChI is InChI=1S/C18H19N3O2S/c22-16(11-7-9-19-10-8-11)21-18-15(17(23)20-12-5-6-12)13-3-1-2-4-14(13)24-18/h7-10,12H,1-6H2,(H,20,23)(H,21,22). The summed E-state index contributed by atoms with van der Waals surface area (Å²) in [4.78, 5) is 30.3. The molecule has 0 unspecified atom stereocenters. The number of aromatic nitrogens is 1. The van der Waals surface area contributed by atoms with E-state index in [1.54, 1.807) is 35.9 Å². The molecule has 2 aliphatic rings. The molecule has 2 aliphatic carbocycles. The van der Waals surface area contributed by atoms with E-state index in [1.807, 2.05) is 0 Å². The molecular formula is C18H19N3O2S. The number of carbonyl (C=O) groups excluding carboxylic acids is 2. The Morgan fingerprint density at radius 3 is 2.58 bits per heavy atom. The highest BCUT2D eigenvalue weighted by molar-refractivity contribution is 7.17. The van der Waals surface area contributed by atoms with E-state index in [0.29, 0.717) is 22.2 Å². The number of fused-ring (bicyclic) bond motifs is 1. The molecule has 1 fully saturated rings. The van der Waals surface area contributed by atoms with Gasteiger partial charge in [0, 0.05) is 28.9 Å². The number of rotatable bonds is 4. The van der Waals surface area contributed by atoms with Crippen molar-refractivity contribution in [3.63, 3.8) is 0 Å². The maximum absolute atomic E-state index is 12.7. The summed E-state index contributed by atoms with van der Waals surface area (Å²) in [5.74, 6) is -0.238. The van der Waals surface area contributed by atoms with Gasteiger partial charge >= 0.3 is 0 Å². The van der Waals surface area contributed by atoms with E-state index in [-0.39, 0.29) is 11.8 Å². The Morgan fingerprint density at radius 1 is 1.08 bits per heavy atom. The fraction of sp³-hybridized carbons (Fsp3) is 0.389. The van der Waals surface area contributed by atoms with E-state index >= 15 is 0 Å². The zero-order valence-electron chi connectivity index (χ0n) is 13.3. The number of amides is 2. The normalized spacial score (nSPS) is 16.3. The summed E-state index contributed by atoms with van der Waals surface area (Å²) < 4.78 is 0. The van der Waals surface area contributed by atoms with Gasteiger partial charge in [-0.25, -0.2) is 0 Å². The second kappa shape index (κ2) is 6.36. The van der Waals surface area contributed by atoms with E-state index in [0.717, 1.165) is 44.1 Å². The molecule has 0 aliphatic heterocycles. The van der Waals surface area contributed by atoms with Crippen LogP contribution in [-0.2, 0) is 12.8 Å². The van der Waals surface area contributed by atoms with Crippen molar-refractivity contribution in [3.8, 4) is 0 Å². The van der Waals surface area contributed by atoms with Crippen LogP contribution in [-0.4, -0.2) is 22.8 Å². The zero-order chi connectivity index (χ0) is 16.5. The van der Waals surface area contributed by atoms with Crippen LogP contribution in [0.2, 0.25) is 0 Å². The molecule has 0 saturated heterocycles. The van der Waals surface area contributed by atoms with Gasteiger partial charge in [0.1, 0.15) is 5.00 Å². The van der Waals surface area contributed by atoms with Crippen molar-refractivity contribution >= 4 is 28.2 Å². The maximum Gasteiger partial charge on any atom is 0.256 e. The summed E-state index contributed by atoms with van der Waals surface area (Å²) in [5.41, 5.74) is 2.36. The molecule has 1 saturated carbocycles. The molecular weight excluding hydrogens is 322 g/mol. The third-order valence-corrected chi connectivity index (χ3v) is 5.69. The second-order valence-electron chi connectivity index (χ2n) is 6.35. The fourth-order valence-electron chi connectivity index (χ4n) is 3.06. The molecule has 0 atom stereocenters. The maximum atomic E-state index is 12.7. The van der Waals surface area contributed by atoms with Gasteiger partial charge in [-0.3, -0.25) is 14.6 Å². The Morgan fingerprint density at radius 2 is 1.83 bits per heavy atom. The number of thiophene rings is 1. The molecule has 5 nitrogen and oxygen atoms in total. The summed E-state index contributed by atoms with van der Waals surface area (Å²) in [6, 6.07) is 3.65. The molecule has 2 aromatic heterocycles. The molecule has 0 radical (unpaired) electrons. The summed E-state index contributed by atoms with van der Waals surface area (Å²) in [6.45, 7) is 0. The van der Waals surface area contributed by atoms with E-state index in [2.05, 4.69) is 15.6 Å². The zero-order valence-corrected chi connectivity index (χ0v) is 14.1. The van der Waals surface area contributed by atoms with E-state index in [4.69, 9.17) is 0 Å². The molecule has 2 heterocycles. The minimum atomic E-state index is -0.198.